The summed E-state index contributed by atoms with van der Waals surface area (Å²) < 4.78 is 0. The molecule has 1 aliphatic carbocycles. The molecule has 0 aromatic rings. The van der Waals surface area contributed by atoms with Crippen LogP contribution in [0.1, 0.15) is 6.42 Å². The molecular weight excluding hydrogens is 187 g/mol. The van der Waals surface area contributed by atoms with Crippen molar-refractivity contribution >= 4 is 29.2 Å². The van der Waals surface area contributed by atoms with Crippen molar-refractivity contribution in [3.05, 3.63) is 23.3 Å². The van der Waals surface area contributed by atoms with Gasteiger partial charge in [-0.3, -0.25) is 0 Å². The first kappa shape index (κ1) is 8.62. The highest BCUT2D eigenvalue weighted by Crippen LogP contribution is 2.28. The molecular formula is C7H6Cl2O2. The Bertz CT molecular complexity index is 245. The third-order valence-electron chi connectivity index (χ3n) is 1.46. The van der Waals surface area contributed by atoms with Crippen LogP contribution in [0, 0.1) is 0 Å². The van der Waals surface area contributed by atoms with E-state index < -0.39 is 10.8 Å². The van der Waals surface area contributed by atoms with E-state index in [0.717, 1.165) is 0 Å². The number of hydrogen-bond acceptors (Lipinski definition) is 1. The molecule has 1 unspecified atom stereocenters. The second-order valence-corrected chi connectivity index (χ2v) is 3.40. The second-order valence-electron chi connectivity index (χ2n) is 2.29. The monoisotopic (exact) mass is 192 g/mol. The van der Waals surface area contributed by atoms with Crippen molar-refractivity contribution in [3.8, 4) is 0 Å². The zero-order valence-electron chi connectivity index (χ0n) is 5.55. The van der Waals surface area contributed by atoms with Gasteiger partial charge in [-0.2, -0.15) is 0 Å². The van der Waals surface area contributed by atoms with E-state index in [9.17, 15) is 4.79 Å². The number of halogens is 2. The Kier molecular flexibility index (Phi) is 2.25. The van der Waals surface area contributed by atoms with E-state index in [2.05, 4.69) is 0 Å². The molecule has 0 saturated carbocycles. The van der Waals surface area contributed by atoms with Gasteiger partial charge in [-0.05, 0) is 6.08 Å². The first-order chi connectivity index (χ1) is 5.04. The number of hydrogen-bond donors (Lipinski definition) is 1. The topological polar surface area (TPSA) is 37.3 Å². The summed E-state index contributed by atoms with van der Waals surface area (Å²) in [6, 6.07) is 0. The third-order valence-corrected chi connectivity index (χ3v) is 2.18. The van der Waals surface area contributed by atoms with Gasteiger partial charge >= 0.3 is 5.97 Å². The molecule has 1 N–H and O–H groups in total. The summed E-state index contributed by atoms with van der Waals surface area (Å²) in [7, 11) is 0. The van der Waals surface area contributed by atoms with E-state index in [1.54, 1.807) is 6.08 Å². The van der Waals surface area contributed by atoms with E-state index in [4.69, 9.17) is 28.3 Å². The van der Waals surface area contributed by atoms with E-state index in [1.165, 1.54) is 12.2 Å². The molecule has 0 saturated heterocycles. The lowest BCUT2D eigenvalue weighted by molar-refractivity contribution is -0.138. The first-order valence-corrected chi connectivity index (χ1v) is 3.77. The molecule has 1 rings (SSSR count). The van der Waals surface area contributed by atoms with Crippen molar-refractivity contribution in [1.82, 2.24) is 0 Å². The van der Waals surface area contributed by atoms with Crippen molar-refractivity contribution in [1.29, 1.82) is 0 Å². The summed E-state index contributed by atoms with van der Waals surface area (Å²) in [6.45, 7) is 0. The van der Waals surface area contributed by atoms with Crippen molar-refractivity contribution in [2.24, 2.45) is 0 Å². The molecule has 0 spiro atoms. The number of rotatable bonds is 1. The lowest BCUT2D eigenvalue weighted by Crippen LogP contribution is -2.30. The van der Waals surface area contributed by atoms with E-state index in [-0.39, 0.29) is 6.42 Å². The predicted octanol–water partition coefficient (Wildman–Crippen LogP) is 2.13. The van der Waals surface area contributed by atoms with Gasteiger partial charge in [0.1, 0.15) is 0 Å². The molecule has 0 aromatic heterocycles. The molecule has 0 aliphatic heterocycles. The van der Waals surface area contributed by atoms with Gasteiger partial charge in [-0.25, -0.2) is 4.79 Å². The van der Waals surface area contributed by atoms with Crippen molar-refractivity contribution in [2.75, 3.05) is 0 Å². The molecule has 0 aromatic carbocycles. The number of aliphatic carboxylic acids is 1. The molecule has 1 atom stereocenters. The van der Waals surface area contributed by atoms with Gasteiger partial charge in [0.15, 0.2) is 4.87 Å². The summed E-state index contributed by atoms with van der Waals surface area (Å²) in [4.78, 5) is 9.23. The summed E-state index contributed by atoms with van der Waals surface area (Å²) in [6.07, 6.45) is 4.70. The fraction of sp³-hybridized carbons (Fsp3) is 0.286. The van der Waals surface area contributed by atoms with Crippen molar-refractivity contribution in [2.45, 2.75) is 11.3 Å². The van der Waals surface area contributed by atoms with Crippen LogP contribution < -0.4 is 0 Å². The Balaban J connectivity index is 2.82. The minimum absolute atomic E-state index is 0.235. The maximum Gasteiger partial charge on any atom is 0.329 e. The molecule has 60 valence electrons. The smallest absolute Gasteiger partial charge is 0.329 e. The van der Waals surface area contributed by atoms with Crippen LogP contribution in [-0.4, -0.2) is 16.0 Å². The van der Waals surface area contributed by atoms with E-state index in [1.807, 2.05) is 0 Å². The average molecular weight is 193 g/mol. The minimum Gasteiger partial charge on any atom is -0.480 e. The highest BCUT2D eigenvalue weighted by molar-refractivity contribution is 6.36. The van der Waals surface area contributed by atoms with E-state index in [0.29, 0.717) is 5.03 Å². The normalized spacial score (nSPS) is 29.8. The average Bonchev–Trinajstić information content (AvgIpc) is 1.95. The van der Waals surface area contributed by atoms with Crippen LogP contribution in [0.25, 0.3) is 0 Å². The lowest BCUT2D eigenvalue weighted by Gasteiger charge is -2.18. The Morgan fingerprint density at radius 2 is 2.36 bits per heavy atom. The highest BCUT2D eigenvalue weighted by atomic mass is 35.5. The van der Waals surface area contributed by atoms with Gasteiger partial charge < -0.3 is 5.11 Å². The van der Waals surface area contributed by atoms with Crippen LogP contribution in [0.5, 0.6) is 0 Å². The SMILES string of the molecule is O=C(O)C1(Cl)C=CC(Cl)=CC1. The van der Waals surface area contributed by atoms with Crippen LogP contribution >= 0.6 is 23.2 Å². The van der Waals surface area contributed by atoms with Crippen LogP contribution in [0.2, 0.25) is 0 Å². The Morgan fingerprint density at radius 1 is 1.73 bits per heavy atom. The van der Waals surface area contributed by atoms with Crippen molar-refractivity contribution < 1.29 is 9.90 Å². The van der Waals surface area contributed by atoms with Crippen LogP contribution in [0.3, 0.4) is 0 Å². The van der Waals surface area contributed by atoms with Crippen LogP contribution in [0.4, 0.5) is 0 Å². The number of carbonyl (C=O) groups is 1. The molecule has 0 heterocycles. The number of carboxylic acids is 1. The highest BCUT2D eigenvalue weighted by Gasteiger charge is 2.33. The van der Waals surface area contributed by atoms with E-state index >= 15 is 0 Å². The summed E-state index contributed by atoms with van der Waals surface area (Å²) >= 11 is 11.3. The quantitative estimate of drug-likeness (QED) is 0.647. The number of allylic oxidation sites excluding steroid dienone is 3. The third kappa shape index (κ3) is 1.76. The Labute approximate surface area is 74.1 Å². The second kappa shape index (κ2) is 2.88. The summed E-state index contributed by atoms with van der Waals surface area (Å²) in [5.74, 6) is -1.05. The van der Waals surface area contributed by atoms with Crippen LogP contribution in [-0.2, 0) is 4.79 Å². The van der Waals surface area contributed by atoms with Gasteiger partial charge in [-0.1, -0.05) is 23.8 Å². The van der Waals surface area contributed by atoms with Gasteiger partial charge in [0.2, 0.25) is 0 Å². The molecule has 11 heavy (non-hydrogen) atoms. The van der Waals surface area contributed by atoms with Crippen LogP contribution in [0.15, 0.2) is 23.3 Å². The molecule has 4 heteroatoms. The predicted molar refractivity (Wildman–Crippen MR) is 43.9 cm³/mol. The fourth-order valence-corrected chi connectivity index (χ4v) is 1.03. The largest absolute Gasteiger partial charge is 0.480 e. The maximum absolute atomic E-state index is 10.5. The van der Waals surface area contributed by atoms with Gasteiger partial charge in [0, 0.05) is 11.5 Å². The van der Waals surface area contributed by atoms with Gasteiger partial charge in [-0.15, -0.1) is 11.6 Å². The summed E-state index contributed by atoms with van der Waals surface area (Å²) in [5, 5.41) is 9.16. The molecule has 0 amide bonds. The maximum atomic E-state index is 10.5. The Hall–Kier alpha value is -0.470. The summed E-state index contributed by atoms with van der Waals surface area (Å²) in [5.41, 5.74) is 0. The standard InChI is InChI=1S/C7H6Cl2O2/c8-5-1-3-7(9,4-2-5)6(10)11/h1-3H,4H2,(H,10,11). The minimum atomic E-state index is -1.29. The molecule has 2 nitrogen and oxygen atoms in total. The zero-order chi connectivity index (χ0) is 8.48. The first-order valence-electron chi connectivity index (χ1n) is 3.02. The molecule has 1 aliphatic rings. The molecule has 0 fully saturated rings. The van der Waals surface area contributed by atoms with Gasteiger partial charge in [0.05, 0.1) is 0 Å². The Morgan fingerprint density at radius 3 is 2.73 bits per heavy atom. The zero-order valence-corrected chi connectivity index (χ0v) is 7.06. The fourth-order valence-electron chi connectivity index (χ4n) is 0.752. The van der Waals surface area contributed by atoms with Gasteiger partial charge in [0.25, 0.3) is 0 Å². The molecule has 0 radical (unpaired) electrons. The number of alkyl halides is 1. The lowest BCUT2D eigenvalue weighted by atomic mass is 10.0. The number of carboxylic acid groups (broad SMARTS) is 1. The molecule has 0 bridgehead atoms. The van der Waals surface area contributed by atoms with Crippen molar-refractivity contribution in [3.63, 3.8) is 0 Å².